The van der Waals surface area contributed by atoms with Crippen LogP contribution in [-0.4, -0.2) is 17.5 Å². The molecule has 118 valence electrons. The minimum atomic E-state index is -5.69. The lowest BCUT2D eigenvalue weighted by atomic mass is 9.72. The molecule has 0 saturated heterocycles. The molecular weight excluding hydrogens is 310 g/mol. The van der Waals surface area contributed by atoms with Gasteiger partial charge in [-0.25, -0.2) is 0 Å². The summed E-state index contributed by atoms with van der Waals surface area (Å²) in [5.74, 6) is -1.07. The molecule has 0 aliphatic heterocycles. The van der Waals surface area contributed by atoms with E-state index in [1.165, 1.54) is 6.07 Å². The van der Waals surface area contributed by atoms with E-state index >= 15 is 0 Å². The molecule has 0 unspecified atom stereocenters. The van der Waals surface area contributed by atoms with Crippen molar-refractivity contribution in [3.63, 3.8) is 0 Å². The molecule has 0 spiro atoms. The summed E-state index contributed by atoms with van der Waals surface area (Å²) in [6.07, 6.45) is -11.4. The molecular formula is C15H10F6O. The predicted molar refractivity (Wildman–Crippen MR) is 67.4 cm³/mol. The van der Waals surface area contributed by atoms with Gasteiger partial charge in [-0.15, -0.1) is 0 Å². The maximum atomic E-state index is 13.6. The number of phenolic OH excluding ortho intramolecular Hbond substituents is 1. The Bertz CT molecular complexity index is 631. The molecule has 0 bridgehead atoms. The Balaban J connectivity index is 2.94. The summed E-state index contributed by atoms with van der Waals surface area (Å²) in [5, 5.41) is 9.63. The smallest absolute Gasteiger partial charge is 0.411 e. The van der Waals surface area contributed by atoms with Crippen molar-refractivity contribution >= 4 is 0 Å². The van der Waals surface area contributed by atoms with Crippen molar-refractivity contribution in [2.24, 2.45) is 0 Å². The van der Waals surface area contributed by atoms with E-state index in [1.807, 2.05) is 0 Å². The standard InChI is InChI=1S/C15H10F6O/c16-14(17,18)13(15(19,20)21,10-6-2-1-3-7-10)11-8-4-5-9-12(11)22/h1-9,22H. The lowest BCUT2D eigenvalue weighted by Crippen LogP contribution is -2.54. The summed E-state index contributed by atoms with van der Waals surface area (Å²) >= 11 is 0. The van der Waals surface area contributed by atoms with Crippen LogP contribution in [0, 0.1) is 0 Å². The molecule has 1 nitrogen and oxygen atoms in total. The van der Waals surface area contributed by atoms with Gasteiger partial charge in [0.15, 0.2) is 0 Å². The van der Waals surface area contributed by atoms with E-state index in [0.29, 0.717) is 6.07 Å². The summed E-state index contributed by atoms with van der Waals surface area (Å²) in [4.78, 5) is 0. The fourth-order valence-corrected chi connectivity index (χ4v) is 2.43. The second kappa shape index (κ2) is 5.23. The third-order valence-corrected chi connectivity index (χ3v) is 3.37. The van der Waals surface area contributed by atoms with Crippen LogP contribution in [0.5, 0.6) is 5.75 Å². The van der Waals surface area contributed by atoms with E-state index in [-0.39, 0.29) is 0 Å². The highest BCUT2D eigenvalue weighted by Crippen LogP contribution is 2.57. The molecule has 2 aromatic rings. The first-order valence-electron chi connectivity index (χ1n) is 6.10. The average molecular weight is 320 g/mol. The molecule has 0 fully saturated rings. The van der Waals surface area contributed by atoms with Gasteiger partial charge in [-0.3, -0.25) is 0 Å². The first-order valence-corrected chi connectivity index (χ1v) is 6.10. The Morgan fingerprint density at radius 3 is 1.55 bits per heavy atom. The maximum Gasteiger partial charge on any atom is 0.411 e. The molecule has 7 heteroatoms. The number of benzene rings is 2. The Kier molecular flexibility index (Phi) is 3.85. The molecule has 0 aliphatic rings. The first kappa shape index (κ1) is 16.2. The van der Waals surface area contributed by atoms with Crippen molar-refractivity contribution in [3.05, 3.63) is 65.7 Å². The van der Waals surface area contributed by atoms with E-state index < -0.39 is 34.6 Å². The predicted octanol–water partition coefficient (Wildman–Crippen LogP) is 4.80. The van der Waals surface area contributed by atoms with Crippen LogP contribution in [0.2, 0.25) is 0 Å². The fraction of sp³-hybridized carbons (Fsp3) is 0.200. The van der Waals surface area contributed by atoms with E-state index in [0.717, 1.165) is 42.5 Å². The van der Waals surface area contributed by atoms with Gasteiger partial charge in [-0.1, -0.05) is 48.5 Å². The van der Waals surface area contributed by atoms with Crippen LogP contribution in [0.3, 0.4) is 0 Å². The molecule has 0 heterocycles. The summed E-state index contributed by atoms with van der Waals surface area (Å²) in [5.41, 5.74) is -6.55. The second-order valence-corrected chi connectivity index (χ2v) is 4.63. The van der Waals surface area contributed by atoms with Crippen LogP contribution in [0.1, 0.15) is 11.1 Å². The van der Waals surface area contributed by atoms with Crippen LogP contribution >= 0.6 is 0 Å². The summed E-state index contributed by atoms with van der Waals surface area (Å²) in [6, 6.07) is 8.56. The number of rotatable bonds is 2. The zero-order valence-corrected chi connectivity index (χ0v) is 10.9. The lowest BCUT2D eigenvalue weighted by Gasteiger charge is -2.38. The number of phenols is 1. The SMILES string of the molecule is Oc1ccccc1C(c1ccccc1)(C(F)(F)F)C(F)(F)F. The molecule has 0 amide bonds. The number of para-hydroxylation sites is 1. The van der Waals surface area contributed by atoms with Gasteiger partial charge in [0, 0.05) is 5.56 Å². The van der Waals surface area contributed by atoms with Crippen molar-refractivity contribution < 1.29 is 31.4 Å². The van der Waals surface area contributed by atoms with E-state index in [9.17, 15) is 31.4 Å². The van der Waals surface area contributed by atoms with E-state index in [4.69, 9.17) is 0 Å². The molecule has 2 rings (SSSR count). The number of hydrogen-bond acceptors (Lipinski definition) is 1. The normalized spacial score (nSPS) is 13.2. The largest absolute Gasteiger partial charge is 0.508 e. The monoisotopic (exact) mass is 320 g/mol. The Hall–Kier alpha value is -2.18. The summed E-state index contributed by atoms with van der Waals surface area (Å²) in [6.45, 7) is 0. The van der Waals surface area contributed by atoms with Crippen molar-refractivity contribution in [3.8, 4) is 5.75 Å². The maximum absolute atomic E-state index is 13.6. The van der Waals surface area contributed by atoms with Crippen LogP contribution in [-0.2, 0) is 5.41 Å². The van der Waals surface area contributed by atoms with Crippen molar-refractivity contribution in [1.82, 2.24) is 0 Å². The van der Waals surface area contributed by atoms with Crippen LogP contribution in [0.25, 0.3) is 0 Å². The third kappa shape index (κ3) is 2.30. The minimum absolute atomic E-state index is 0.628. The Morgan fingerprint density at radius 1 is 0.636 bits per heavy atom. The van der Waals surface area contributed by atoms with Gasteiger partial charge in [-0.05, 0) is 11.6 Å². The highest BCUT2D eigenvalue weighted by Gasteiger charge is 2.73. The first-order chi connectivity index (χ1) is 10.1. The van der Waals surface area contributed by atoms with Gasteiger partial charge in [0.2, 0.25) is 5.41 Å². The lowest BCUT2D eigenvalue weighted by molar-refractivity contribution is -0.289. The van der Waals surface area contributed by atoms with Gasteiger partial charge in [-0.2, -0.15) is 26.3 Å². The van der Waals surface area contributed by atoms with Crippen LogP contribution < -0.4 is 0 Å². The van der Waals surface area contributed by atoms with E-state index in [2.05, 4.69) is 0 Å². The van der Waals surface area contributed by atoms with Crippen LogP contribution in [0.4, 0.5) is 26.3 Å². The van der Waals surface area contributed by atoms with Crippen molar-refractivity contribution in [2.45, 2.75) is 17.8 Å². The minimum Gasteiger partial charge on any atom is -0.508 e. The third-order valence-electron chi connectivity index (χ3n) is 3.37. The topological polar surface area (TPSA) is 20.2 Å². The van der Waals surface area contributed by atoms with E-state index in [1.54, 1.807) is 0 Å². The number of hydrogen-bond donors (Lipinski definition) is 1. The van der Waals surface area contributed by atoms with Gasteiger partial charge in [0.1, 0.15) is 5.75 Å². The highest BCUT2D eigenvalue weighted by molar-refractivity contribution is 5.50. The fourth-order valence-electron chi connectivity index (χ4n) is 2.43. The van der Waals surface area contributed by atoms with Crippen LogP contribution in [0.15, 0.2) is 54.6 Å². The zero-order chi connectivity index (χ0) is 16.6. The second-order valence-electron chi connectivity index (χ2n) is 4.63. The molecule has 0 saturated carbocycles. The molecule has 2 aromatic carbocycles. The summed E-state index contributed by atoms with van der Waals surface area (Å²) in [7, 11) is 0. The Labute approximate surface area is 121 Å². The number of aromatic hydroxyl groups is 1. The van der Waals surface area contributed by atoms with Crippen molar-refractivity contribution in [2.75, 3.05) is 0 Å². The quantitative estimate of drug-likeness (QED) is 0.788. The van der Waals surface area contributed by atoms with Crippen molar-refractivity contribution in [1.29, 1.82) is 0 Å². The average Bonchev–Trinajstić information content (AvgIpc) is 2.40. The van der Waals surface area contributed by atoms with Gasteiger partial charge in [0.25, 0.3) is 0 Å². The molecule has 0 aromatic heterocycles. The molecule has 22 heavy (non-hydrogen) atoms. The number of halogens is 6. The molecule has 0 radical (unpaired) electrons. The van der Waals surface area contributed by atoms with Gasteiger partial charge in [0.05, 0.1) is 0 Å². The molecule has 1 N–H and O–H groups in total. The van der Waals surface area contributed by atoms with Gasteiger partial charge >= 0.3 is 12.4 Å². The summed E-state index contributed by atoms with van der Waals surface area (Å²) < 4.78 is 81.5. The Morgan fingerprint density at radius 2 is 1.09 bits per heavy atom. The zero-order valence-electron chi connectivity index (χ0n) is 10.9. The molecule has 0 atom stereocenters. The van der Waals surface area contributed by atoms with Gasteiger partial charge < -0.3 is 5.11 Å². The number of alkyl halides is 6. The highest BCUT2D eigenvalue weighted by atomic mass is 19.4. The molecule has 0 aliphatic carbocycles.